The van der Waals surface area contributed by atoms with Crippen LogP contribution in [0.3, 0.4) is 0 Å². The number of carbonyl (C=O) groups is 1. The van der Waals surface area contributed by atoms with Crippen molar-refractivity contribution in [1.82, 2.24) is 0 Å². The Bertz CT molecular complexity index is 618. The molecule has 2 aromatic rings. The van der Waals surface area contributed by atoms with E-state index in [-0.39, 0.29) is 11.3 Å². The van der Waals surface area contributed by atoms with Crippen LogP contribution in [0.2, 0.25) is 0 Å². The number of rotatable bonds is 4. The van der Waals surface area contributed by atoms with E-state index in [1.165, 1.54) is 18.2 Å². The van der Waals surface area contributed by atoms with Gasteiger partial charge in [0.15, 0.2) is 5.78 Å². The molecule has 0 heterocycles. The summed E-state index contributed by atoms with van der Waals surface area (Å²) in [5.41, 5.74) is 0.894. The summed E-state index contributed by atoms with van der Waals surface area (Å²) >= 11 is 0. The Morgan fingerprint density at radius 2 is 1.95 bits per heavy atom. The quantitative estimate of drug-likeness (QED) is 0.615. The fraction of sp³-hybridized carbons (Fsp3) is 0.0625. The zero-order chi connectivity index (χ0) is 13.7. The van der Waals surface area contributed by atoms with Gasteiger partial charge in [0, 0.05) is 0 Å². The second kappa shape index (κ2) is 5.96. The SMILES string of the molecule is COc1cccc(/C=C/C(=O)c2ccccc2F)c1. The number of halogens is 1. The molecular formula is C16H13FO2. The second-order valence-corrected chi connectivity index (χ2v) is 3.95. The zero-order valence-corrected chi connectivity index (χ0v) is 10.5. The number of ketones is 1. The van der Waals surface area contributed by atoms with Crippen molar-refractivity contribution in [2.45, 2.75) is 0 Å². The summed E-state index contributed by atoms with van der Waals surface area (Å²) in [6.07, 6.45) is 2.99. The van der Waals surface area contributed by atoms with Gasteiger partial charge in [-0.15, -0.1) is 0 Å². The van der Waals surface area contributed by atoms with Gasteiger partial charge in [-0.25, -0.2) is 4.39 Å². The van der Waals surface area contributed by atoms with Crippen LogP contribution < -0.4 is 4.74 Å². The van der Waals surface area contributed by atoms with Gasteiger partial charge in [0.2, 0.25) is 0 Å². The Labute approximate surface area is 111 Å². The Kier molecular flexibility index (Phi) is 4.08. The Morgan fingerprint density at radius 3 is 2.68 bits per heavy atom. The van der Waals surface area contributed by atoms with Crippen LogP contribution in [0.4, 0.5) is 4.39 Å². The molecule has 0 aromatic heterocycles. The first-order valence-corrected chi connectivity index (χ1v) is 5.81. The van der Waals surface area contributed by atoms with Gasteiger partial charge in [-0.2, -0.15) is 0 Å². The predicted octanol–water partition coefficient (Wildman–Crippen LogP) is 3.73. The molecule has 0 spiro atoms. The van der Waals surface area contributed by atoms with E-state index in [2.05, 4.69) is 0 Å². The minimum Gasteiger partial charge on any atom is -0.497 e. The molecule has 0 fully saturated rings. The van der Waals surface area contributed by atoms with Crippen LogP contribution in [0.25, 0.3) is 6.08 Å². The molecule has 3 heteroatoms. The third-order valence-corrected chi connectivity index (χ3v) is 2.66. The summed E-state index contributed by atoms with van der Waals surface area (Å²) in [6, 6.07) is 13.2. The van der Waals surface area contributed by atoms with Crippen LogP contribution in [-0.4, -0.2) is 12.9 Å². The standard InChI is InChI=1S/C16H13FO2/c1-19-13-6-4-5-12(11-13)9-10-16(18)14-7-2-3-8-15(14)17/h2-11H,1H3/b10-9+. The first-order valence-electron chi connectivity index (χ1n) is 5.81. The Balaban J connectivity index is 2.18. The molecule has 0 amide bonds. The van der Waals surface area contributed by atoms with Crippen LogP contribution in [0.1, 0.15) is 15.9 Å². The number of methoxy groups -OCH3 is 1. The molecule has 0 radical (unpaired) electrons. The first kappa shape index (κ1) is 13.0. The molecule has 0 bridgehead atoms. The van der Waals surface area contributed by atoms with Crippen LogP contribution in [0.15, 0.2) is 54.6 Å². The molecule has 2 rings (SSSR count). The third-order valence-electron chi connectivity index (χ3n) is 2.66. The van der Waals surface area contributed by atoms with Crippen LogP contribution >= 0.6 is 0 Å². The molecule has 2 aromatic carbocycles. The summed E-state index contributed by atoms with van der Waals surface area (Å²) < 4.78 is 18.5. The molecule has 0 aliphatic rings. The number of ether oxygens (including phenoxy) is 1. The van der Waals surface area contributed by atoms with E-state index in [1.54, 1.807) is 31.4 Å². The number of hydrogen-bond acceptors (Lipinski definition) is 2. The highest BCUT2D eigenvalue weighted by Gasteiger charge is 2.06. The van der Waals surface area contributed by atoms with Gasteiger partial charge in [0.1, 0.15) is 11.6 Å². The molecule has 19 heavy (non-hydrogen) atoms. The maximum absolute atomic E-state index is 13.4. The van der Waals surface area contributed by atoms with E-state index in [1.807, 2.05) is 18.2 Å². The average molecular weight is 256 g/mol. The molecule has 0 aliphatic heterocycles. The fourth-order valence-corrected chi connectivity index (χ4v) is 1.67. The lowest BCUT2D eigenvalue weighted by Gasteiger charge is -2.00. The van der Waals surface area contributed by atoms with Crippen LogP contribution in [0, 0.1) is 5.82 Å². The van der Waals surface area contributed by atoms with Gasteiger partial charge in [0.25, 0.3) is 0 Å². The molecule has 0 saturated heterocycles. The highest BCUT2D eigenvalue weighted by molar-refractivity contribution is 6.06. The Hall–Kier alpha value is -2.42. The molecule has 0 saturated carbocycles. The van der Waals surface area contributed by atoms with Gasteiger partial charge in [0.05, 0.1) is 12.7 Å². The second-order valence-electron chi connectivity index (χ2n) is 3.95. The number of hydrogen-bond donors (Lipinski definition) is 0. The molecule has 0 N–H and O–H groups in total. The largest absolute Gasteiger partial charge is 0.497 e. The maximum atomic E-state index is 13.4. The average Bonchev–Trinajstić information content (AvgIpc) is 2.45. The number of allylic oxidation sites excluding steroid dienone is 1. The lowest BCUT2D eigenvalue weighted by atomic mass is 10.1. The van der Waals surface area contributed by atoms with Crippen molar-refractivity contribution in [2.75, 3.05) is 7.11 Å². The van der Waals surface area contributed by atoms with Crippen molar-refractivity contribution >= 4 is 11.9 Å². The van der Waals surface area contributed by atoms with Crippen molar-refractivity contribution in [1.29, 1.82) is 0 Å². The minimum absolute atomic E-state index is 0.0710. The number of carbonyl (C=O) groups excluding carboxylic acids is 1. The van der Waals surface area contributed by atoms with Gasteiger partial charge >= 0.3 is 0 Å². The lowest BCUT2D eigenvalue weighted by Crippen LogP contribution is -1.97. The minimum atomic E-state index is -0.511. The van der Waals surface area contributed by atoms with Gasteiger partial charge in [-0.3, -0.25) is 4.79 Å². The summed E-state index contributed by atoms with van der Waals surface area (Å²) in [5, 5.41) is 0. The summed E-state index contributed by atoms with van der Waals surface area (Å²) in [7, 11) is 1.58. The van der Waals surface area contributed by atoms with E-state index < -0.39 is 5.82 Å². The topological polar surface area (TPSA) is 26.3 Å². The monoisotopic (exact) mass is 256 g/mol. The van der Waals surface area contributed by atoms with Crippen LogP contribution in [-0.2, 0) is 0 Å². The fourth-order valence-electron chi connectivity index (χ4n) is 1.67. The van der Waals surface area contributed by atoms with E-state index in [9.17, 15) is 9.18 Å². The molecular weight excluding hydrogens is 243 g/mol. The van der Waals surface area contributed by atoms with Crippen molar-refractivity contribution in [3.8, 4) is 5.75 Å². The number of benzene rings is 2. The van der Waals surface area contributed by atoms with E-state index in [0.717, 1.165) is 5.56 Å². The van der Waals surface area contributed by atoms with Gasteiger partial charge < -0.3 is 4.74 Å². The maximum Gasteiger partial charge on any atom is 0.188 e. The highest BCUT2D eigenvalue weighted by Crippen LogP contribution is 2.14. The lowest BCUT2D eigenvalue weighted by molar-refractivity contribution is 0.104. The summed E-state index contributed by atoms with van der Waals surface area (Å²) in [5.74, 6) is -0.163. The van der Waals surface area contributed by atoms with E-state index in [0.29, 0.717) is 5.75 Å². The van der Waals surface area contributed by atoms with E-state index >= 15 is 0 Å². The van der Waals surface area contributed by atoms with Crippen molar-refractivity contribution in [3.63, 3.8) is 0 Å². The molecule has 0 aliphatic carbocycles. The normalized spacial score (nSPS) is 10.6. The molecule has 0 unspecified atom stereocenters. The van der Waals surface area contributed by atoms with Crippen molar-refractivity contribution in [2.24, 2.45) is 0 Å². The Morgan fingerprint density at radius 1 is 1.16 bits per heavy atom. The third kappa shape index (κ3) is 3.28. The smallest absolute Gasteiger partial charge is 0.188 e. The molecule has 2 nitrogen and oxygen atoms in total. The summed E-state index contributed by atoms with van der Waals surface area (Å²) in [4.78, 5) is 11.8. The zero-order valence-electron chi connectivity index (χ0n) is 10.5. The van der Waals surface area contributed by atoms with Gasteiger partial charge in [-0.1, -0.05) is 30.3 Å². The van der Waals surface area contributed by atoms with Crippen LogP contribution in [0.5, 0.6) is 5.75 Å². The summed E-state index contributed by atoms with van der Waals surface area (Å²) in [6.45, 7) is 0. The molecule has 0 atom stereocenters. The molecule has 96 valence electrons. The van der Waals surface area contributed by atoms with E-state index in [4.69, 9.17) is 4.74 Å². The first-order chi connectivity index (χ1) is 9.20. The van der Waals surface area contributed by atoms with Crippen molar-refractivity contribution in [3.05, 3.63) is 71.6 Å². The van der Waals surface area contributed by atoms with Crippen molar-refractivity contribution < 1.29 is 13.9 Å². The predicted molar refractivity (Wildman–Crippen MR) is 72.8 cm³/mol. The highest BCUT2D eigenvalue weighted by atomic mass is 19.1. The van der Waals surface area contributed by atoms with Gasteiger partial charge in [-0.05, 0) is 35.9 Å².